The first kappa shape index (κ1) is 28.9. The first-order valence-electron chi connectivity index (χ1n) is 12.6. The van der Waals surface area contributed by atoms with Gasteiger partial charge in [0.2, 0.25) is 5.91 Å². The lowest BCUT2D eigenvalue weighted by Crippen LogP contribution is -2.44. The Morgan fingerprint density at radius 2 is 1.88 bits per heavy atom. The zero-order valence-electron chi connectivity index (χ0n) is 21.6. The minimum absolute atomic E-state index is 0.00490. The SMILES string of the molecule is NC(=O)[C@@H]1CCCN1C(=O)c1ncccc1-n1cnc(Cn2nc(-c3ccc(Cl)cc3)n(C[C@H](O)C(F)(F)F)c2=O)n1. The molecular formula is C25H23ClF3N9O4. The van der Waals surface area contributed by atoms with E-state index in [9.17, 15) is 32.7 Å². The van der Waals surface area contributed by atoms with Crippen LogP contribution < -0.4 is 11.4 Å². The molecule has 0 bridgehead atoms. The third-order valence-corrected chi connectivity index (χ3v) is 6.92. The Morgan fingerprint density at radius 3 is 2.57 bits per heavy atom. The van der Waals surface area contributed by atoms with E-state index in [0.29, 0.717) is 29.0 Å². The van der Waals surface area contributed by atoms with E-state index >= 15 is 0 Å². The normalized spacial score (nSPS) is 16.1. The van der Waals surface area contributed by atoms with Crippen LogP contribution in [0.1, 0.15) is 29.2 Å². The zero-order valence-corrected chi connectivity index (χ0v) is 22.4. The van der Waals surface area contributed by atoms with Crippen molar-refractivity contribution in [3.63, 3.8) is 0 Å². The zero-order chi connectivity index (χ0) is 30.2. The molecule has 4 heterocycles. The second-order valence-electron chi connectivity index (χ2n) is 9.47. The number of carbonyl (C=O) groups excluding carboxylic acids is 2. The van der Waals surface area contributed by atoms with Gasteiger partial charge in [0.1, 0.15) is 18.9 Å². The van der Waals surface area contributed by atoms with Crippen LogP contribution in [-0.4, -0.2) is 80.8 Å². The maximum Gasteiger partial charge on any atom is 0.416 e. The van der Waals surface area contributed by atoms with Gasteiger partial charge in [0.15, 0.2) is 23.4 Å². The molecule has 1 aliphatic heterocycles. The van der Waals surface area contributed by atoms with Crippen molar-refractivity contribution in [1.82, 2.24) is 39.0 Å². The van der Waals surface area contributed by atoms with Crippen LogP contribution in [0.4, 0.5) is 13.2 Å². The highest BCUT2D eigenvalue weighted by atomic mass is 35.5. The fraction of sp³-hybridized carbons (Fsp3) is 0.320. The number of nitrogens with zero attached hydrogens (tertiary/aromatic N) is 8. The summed E-state index contributed by atoms with van der Waals surface area (Å²) in [7, 11) is 0. The average Bonchev–Trinajstić information content (AvgIpc) is 3.69. The number of aliphatic hydroxyl groups is 1. The number of likely N-dealkylation sites (tertiary alicyclic amines) is 1. The van der Waals surface area contributed by atoms with E-state index in [4.69, 9.17) is 17.3 Å². The van der Waals surface area contributed by atoms with Gasteiger partial charge in [-0.2, -0.15) is 13.2 Å². The monoisotopic (exact) mass is 605 g/mol. The van der Waals surface area contributed by atoms with Crippen LogP contribution in [0.25, 0.3) is 17.1 Å². The molecule has 17 heteroatoms. The number of primary amides is 1. The van der Waals surface area contributed by atoms with Gasteiger partial charge in [-0.05, 0) is 49.2 Å². The van der Waals surface area contributed by atoms with E-state index in [1.54, 1.807) is 12.1 Å². The Kier molecular flexibility index (Phi) is 7.83. The Labute approximate surface area is 240 Å². The lowest BCUT2D eigenvalue weighted by atomic mass is 10.2. The number of alkyl halides is 3. The molecule has 3 N–H and O–H groups in total. The average molecular weight is 606 g/mol. The highest BCUT2D eigenvalue weighted by molar-refractivity contribution is 6.30. The summed E-state index contributed by atoms with van der Waals surface area (Å²) < 4.78 is 42.2. The van der Waals surface area contributed by atoms with Crippen LogP contribution >= 0.6 is 11.6 Å². The van der Waals surface area contributed by atoms with Gasteiger partial charge >= 0.3 is 11.9 Å². The lowest BCUT2D eigenvalue weighted by molar-refractivity contribution is -0.207. The van der Waals surface area contributed by atoms with Crippen LogP contribution in [0.15, 0.2) is 53.7 Å². The number of aromatic nitrogens is 7. The predicted molar refractivity (Wildman–Crippen MR) is 141 cm³/mol. The van der Waals surface area contributed by atoms with E-state index in [-0.39, 0.29) is 35.1 Å². The number of benzene rings is 1. The van der Waals surface area contributed by atoms with Gasteiger partial charge in [-0.15, -0.1) is 10.2 Å². The van der Waals surface area contributed by atoms with Crippen LogP contribution in [0.3, 0.4) is 0 Å². The number of carbonyl (C=O) groups is 2. The van der Waals surface area contributed by atoms with Crippen molar-refractivity contribution >= 4 is 23.4 Å². The van der Waals surface area contributed by atoms with Crippen molar-refractivity contribution in [3.05, 3.63) is 75.9 Å². The van der Waals surface area contributed by atoms with Crippen LogP contribution in [0.2, 0.25) is 5.02 Å². The van der Waals surface area contributed by atoms with Crippen LogP contribution in [-0.2, 0) is 17.9 Å². The van der Waals surface area contributed by atoms with E-state index in [1.165, 1.54) is 46.4 Å². The molecule has 3 aromatic heterocycles. The Balaban J connectivity index is 1.46. The third-order valence-electron chi connectivity index (χ3n) is 6.67. The lowest BCUT2D eigenvalue weighted by Gasteiger charge is -2.22. The van der Waals surface area contributed by atoms with Gasteiger partial charge in [0.25, 0.3) is 5.91 Å². The minimum atomic E-state index is -4.97. The van der Waals surface area contributed by atoms with Gasteiger partial charge in [-0.3, -0.25) is 14.2 Å². The molecule has 2 atom stereocenters. The Hall–Kier alpha value is -4.57. The molecule has 0 spiro atoms. The predicted octanol–water partition coefficient (Wildman–Crippen LogP) is 1.40. The quantitative estimate of drug-likeness (QED) is 0.304. The molecule has 220 valence electrons. The second kappa shape index (κ2) is 11.4. The smallest absolute Gasteiger partial charge is 0.382 e. The summed E-state index contributed by atoms with van der Waals surface area (Å²) in [5.41, 5.74) is 5.04. The second-order valence-corrected chi connectivity index (χ2v) is 9.91. The number of pyridine rings is 1. The maximum atomic E-state index is 13.3. The van der Waals surface area contributed by atoms with Crippen LogP contribution in [0, 0.1) is 0 Å². The van der Waals surface area contributed by atoms with Gasteiger partial charge < -0.3 is 15.7 Å². The number of hydrogen-bond acceptors (Lipinski definition) is 8. The Morgan fingerprint density at radius 1 is 1.14 bits per heavy atom. The molecule has 0 radical (unpaired) electrons. The van der Waals surface area contributed by atoms with Crippen molar-refractivity contribution in [3.8, 4) is 17.1 Å². The summed E-state index contributed by atoms with van der Waals surface area (Å²) in [4.78, 5) is 47.9. The van der Waals surface area contributed by atoms with Gasteiger partial charge in [0.05, 0.1) is 12.2 Å². The number of aliphatic hydroxyl groups excluding tert-OH is 1. The molecule has 1 aromatic carbocycles. The summed E-state index contributed by atoms with van der Waals surface area (Å²) >= 11 is 5.92. The molecule has 1 saturated heterocycles. The standard InChI is InChI=1S/C25H23ClF3N9O4/c26-15-7-5-14(6-8-15)22-34-37(24(42)36(22)11-18(39)25(27,28)29)12-19-32-13-38(33-19)16-3-1-9-31-20(16)23(41)35-10-2-4-17(35)21(30)40/h1,3,5-9,13,17-18,39H,2,4,10-12H2,(H2,30,40)/t17-,18-/m0/s1. The third kappa shape index (κ3) is 5.75. The molecule has 42 heavy (non-hydrogen) atoms. The van der Waals surface area contributed by atoms with Crippen molar-refractivity contribution in [2.45, 2.75) is 44.3 Å². The summed E-state index contributed by atoms with van der Waals surface area (Å²) in [5.74, 6) is -1.23. The van der Waals surface area contributed by atoms with Gasteiger partial charge in [0, 0.05) is 23.3 Å². The molecule has 0 saturated carbocycles. The maximum absolute atomic E-state index is 13.3. The first-order chi connectivity index (χ1) is 19.9. The molecule has 1 fully saturated rings. The summed E-state index contributed by atoms with van der Waals surface area (Å²) in [6, 6.07) is 8.28. The molecule has 2 amide bonds. The topological polar surface area (TPSA) is 167 Å². The number of hydrogen-bond donors (Lipinski definition) is 2. The molecule has 13 nitrogen and oxygen atoms in total. The van der Waals surface area contributed by atoms with E-state index < -0.39 is 42.4 Å². The molecule has 1 aliphatic rings. The van der Waals surface area contributed by atoms with Crippen molar-refractivity contribution in [2.75, 3.05) is 6.54 Å². The van der Waals surface area contributed by atoms with E-state index in [2.05, 4.69) is 20.2 Å². The van der Waals surface area contributed by atoms with Crippen molar-refractivity contribution < 1.29 is 27.9 Å². The summed E-state index contributed by atoms with van der Waals surface area (Å²) in [6.45, 7) is -1.11. The van der Waals surface area contributed by atoms with Crippen molar-refractivity contribution in [1.29, 1.82) is 0 Å². The number of halogens is 4. The highest BCUT2D eigenvalue weighted by Crippen LogP contribution is 2.25. The molecule has 0 unspecified atom stereocenters. The van der Waals surface area contributed by atoms with Crippen LogP contribution in [0.5, 0.6) is 0 Å². The van der Waals surface area contributed by atoms with E-state index in [0.717, 1.165) is 4.68 Å². The van der Waals surface area contributed by atoms with Crippen molar-refractivity contribution in [2.24, 2.45) is 5.73 Å². The largest absolute Gasteiger partial charge is 0.416 e. The van der Waals surface area contributed by atoms with Gasteiger partial charge in [-0.1, -0.05) is 11.6 Å². The minimum Gasteiger partial charge on any atom is -0.382 e. The summed E-state index contributed by atoms with van der Waals surface area (Å²) in [5, 5.41) is 18.5. The Bertz CT molecular complexity index is 1680. The molecule has 0 aliphatic carbocycles. The van der Waals surface area contributed by atoms with E-state index in [1.807, 2.05) is 0 Å². The fourth-order valence-corrected chi connectivity index (χ4v) is 4.73. The first-order valence-corrected chi connectivity index (χ1v) is 13.0. The number of amides is 2. The fourth-order valence-electron chi connectivity index (χ4n) is 4.61. The highest BCUT2D eigenvalue weighted by Gasteiger charge is 2.39. The summed E-state index contributed by atoms with van der Waals surface area (Å²) in [6.07, 6.45) is -4.06. The number of rotatable bonds is 8. The van der Waals surface area contributed by atoms with Gasteiger partial charge in [-0.25, -0.2) is 24.1 Å². The molecule has 5 rings (SSSR count). The molecule has 4 aromatic rings. The molecular weight excluding hydrogens is 583 g/mol. The number of nitrogens with two attached hydrogens (primary N) is 1.